The molecule has 10 heteroatoms. The van der Waals surface area contributed by atoms with Crippen molar-refractivity contribution in [3.05, 3.63) is 57.2 Å². The van der Waals surface area contributed by atoms with Crippen LogP contribution in [-0.4, -0.2) is 61.7 Å². The van der Waals surface area contributed by atoms with Gasteiger partial charge in [0.25, 0.3) is 5.91 Å². The molecule has 3 aromatic rings. The molecule has 2 aromatic heterocycles. The number of nitrogens with zero attached hydrogens (tertiary/aromatic N) is 3. The highest BCUT2D eigenvalue weighted by Crippen LogP contribution is 2.29. The minimum Gasteiger partial charge on any atom is -0.347 e. The Morgan fingerprint density at radius 2 is 1.94 bits per heavy atom. The zero-order valence-corrected chi connectivity index (χ0v) is 19.8. The average molecular weight is 477 g/mol. The minimum absolute atomic E-state index is 0.155. The van der Waals surface area contributed by atoms with Crippen LogP contribution in [0.4, 0.5) is 0 Å². The molecule has 1 amide bonds. The van der Waals surface area contributed by atoms with Gasteiger partial charge in [0.15, 0.2) is 0 Å². The molecular formula is C21H24N4O3S3. The van der Waals surface area contributed by atoms with Gasteiger partial charge in [-0.15, -0.1) is 22.7 Å². The smallest absolute Gasteiger partial charge is 0.251 e. The maximum Gasteiger partial charge on any atom is 0.251 e. The predicted molar refractivity (Wildman–Crippen MR) is 124 cm³/mol. The van der Waals surface area contributed by atoms with E-state index in [-0.39, 0.29) is 10.8 Å². The largest absolute Gasteiger partial charge is 0.347 e. The lowest BCUT2D eigenvalue weighted by molar-refractivity contribution is 0.0951. The number of benzene rings is 1. The highest BCUT2D eigenvalue weighted by molar-refractivity contribution is 7.89. The second-order valence-corrected chi connectivity index (χ2v) is 11.6. The first kappa shape index (κ1) is 22.1. The molecule has 1 fully saturated rings. The molecule has 4 rings (SSSR count). The molecule has 0 aliphatic carbocycles. The Kier molecular flexibility index (Phi) is 6.54. The standard InChI is InChI=1S/C21H24N4O3S3/c1-15-23-19(14-29-15)20-7-6-17(30-20)13-22-21(26)16-4-3-5-18(12-16)31(27,28)25-10-8-24(2)9-11-25/h3-7,12,14H,8-11,13H2,1-2H3,(H,22,26). The maximum atomic E-state index is 13.0. The van der Waals surface area contributed by atoms with E-state index in [0.29, 0.717) is 38.3 Å². The van der Waals surface area contributed by atoms with Crippen molar-refractivity contribution in [2.24, 2.45) is 0 Å². The molecular weight excluding hydrogens is 452 g/mol. The van der Waals surface area contributed by atoms with Crippen LogP contribution in [0.5, 0.6) is 0 Å². The summed E-state index contributed by atoms with van der Waals surface area (Å²) in [5.74, 6) is -0.296. The second-order valence-electron chi connectivity index (χ2n) is 7.44. The number of amides is 1. The lowest BCUT2D eigenvalue weighted by Gasteiger charge is -2.31. The van der Waals surface area contributed by atoms with Crippen LogP contribution in [0.3, 0.4) is 0 Å². The second kappa shape index (κ2) is 9.17. The number of aryl methyl sites for hydroxylation is 1. The van der Waals surface area contributed by atoms with E-state index in [9.17, 15) is 13.2 Å². The van der Waals surface area contributed by atoms with Crippen molar-refractivity contribution in [1.29, 1.82) is 0 Å². The highest BCUT2D eigenvalue weighted by Gasteiger charge is 2.27. The van der Waals surface area contributed by atoms with Gasteiger partial charge in [0.05, 0.1) is 27.0 Å². The zero-order valence-electron chi connectivity index (χ0n) is 17.4. The lowest BCUT2D eigenvalue weighted by Crippen LogP contribution is -2.47. The van der Waals surface area contributed by atoms with Crippen LogP contribution in [0, 0.1) is 6.92 Å². The van der Waals surface area contributed by atoms with Crippen molar-refractivity contribution in [3.63, 3.8) is 0 Å². The minimum atomic E-state index is -3.61. The Morgan fingerprint density at radius 3 is 2.65 bits per heavy atom. The first-order chi connectivity index (χ1) is 14.8. The molecule has 0 unspecified atom stereocenters. The third kappa shape index (κ3) is 5.04. The normalized spacial score (nSPS) is 15.8. The number of thiazole rings is 1. The van der Waals surface area contributed by atoms with Crippen molar-refractivity contribution < 1.29 is 13.2 Å². The van der Waals surface area contributed by atoms with Crippen molar-refractivity contribution in [2.45, 2.75) is 18.4 Å². The molecule has 1 saturated heterocycles. The van der Waals surface area contributed by atoms with Gasteiger partial charge in [0.1, 0.15) is 0 Å². The van der Waals surface area contributed by atoms with Crippen molar-refractivity contribution in [1.82, 2.24) is 19.5 Å². The molecule has 1 N–H and O–H groups in total. The van der Waals surface area contributed by atoms with Crippen LogP contribution < -0.4 is 5.32 Å². The molecule has 31 heavy (non-hydrogen) atoms. The van der Waals surface area contributed by atoms with E-state index < -0.39 is 10.0 Å². The Morgan fingerprint density at radius 1 is 1.16 bits per heavy atom. The van der Waals surface area contributed by atoms with E-state index in [0.717, 1.165) is 20.5 Å². The average Bonchev–Trinajstić information content (AvgIpc) is 3.41. The van der Waals surface area contributed by atoms with Crippen LogP contribution >= 0.6 is 22.7 Å². The summed E-state index contributed by atoms with van der Waals surface area (Å²) < 4.78 is 27.4. The number of aromatic nitrogens is 1. The van der Waals surface area contributed by atoms with E-state index in [1.807, 2.05) is 31.5 Å². The molecule has 0 atom stereocenters. The van der Waals surface area contributed by atoms with Crippen LogP contribution in [-0.2, 0) is 16.6 Å². The number of piperazine rings is 1. The summed E-state index contributed by atoms with van der Waals surface area (Å²) in [5.41, 5.74) is 1.29. The van der Waals surface area contributed by atoms with Crippen LogP contribution in [0.2, 0.25) is 0 Å². The summed E-state index contributed by atoms with van der Waals surface area (Å²) in [4.78, 5) is 21.5. The van der Waals surface area contributed by atoms with E-state index in [4.69, 9.17) is 0 Å². The number of carbonyl (C=O) groups is 1. The molecule has 1 aliphatic heterocycles. The van der Waals surface area contributed by atoms with Crippen LogP contribution in [0.25, 0.3) is 10.6 Å². The molecule has 0 saturated carbocycles. The van der Waals surface area contributed by atoms with Gasteiger partial charge < -0.3 is 10.2 Å². The number of carbonyl (C=O) groups excluding carboxylic acids is 1. The molecule has 0 bridgehead atoms. The fourth-order valence-electron chi connectivity index (χ4n) is 3.33. The summed E-state index contributed by atoms with van der Waals surface area (Å²) in [6.45, 7) is 4.65. The fraction of sp³-hybridized carbons (Fsp3) is 0.333. The van der Waals surface area contributed by atoms with E-state index >= 15 is 0 Å². The van der Waals surface area contributed by atoms with Crippen molar-refractivity contribution in [2.75, 3.05) is 33.2 Å². The number of sulfonamides is 1. The van der Waals surface area contributed by atoms with Gasteiger partial charge in [-0.05, 0) is 44.3 Å². The topological polar surface area (TPSA) is 82.6 Å². The lowest BCUT2D eigenvalue weighted by atomic mass is 10.2. The Balaban J connectivity index is 1.42. The van der Waals surface area contributed by atoms with E-state index in [1.54, 1.807) is 40.9 Å². The Labute approximate surface area is 190 Å². The number of hydrogen-bond donors (Lipinski definition) is 1. The summed E-state index contributed by atoms with van der Waals surface area (Å²) in [5, 5.41) is 5.93. The summed E-state index contributed by atoms with van der Waals surface area (Å²) >= 11 is 3.19. The van der Waals surface area contributed by atoms with Gasteiger partial charge in [0, 0.05) is 42.0 Å². The quantitative estimate of drug-likeness (QED) is 0.591. The number of rotatable bonds is 6. The summed E-state index contributed by atoms with van der Waals surface area (Å²) in [6.07, 6.45) is 0. The summed E-state index contributed by atoms with van der Waals surface area (Å²) in [6, 6.07) is 10.2. The van der Waals surface area contributed by atoms with E-state index in [2.05, 4.69) is 15.2 Å². The number of nitrogens with one attached hydrogen (secondary N) is 1. The summed E-state index contributed by atoms with van der Waals surface area (Å²) in [7, 11) is -1.64. The fourth-order valence-corrected chi connectivity index (χ4v) is 6.40. The highest BCUT2D eigenvalue weighted by atomic mass is 32.2. The Bertz CT molecular complexity index is 1180. The maximum absolute atomic E-state index is 13.0. The molecule has 1 aliphatic rings. The predicted octanol–water partition coefficient (Wildman–Crippen LogP) is 3.05. The Hall–Kier alpha value is -2.11. The number of hydrogen-bond acceptors (Lipinski definition) is 7. The van der Waals surface area contributed by atoms with E-state index in [1.165, 1.54) is 10.4 Å². The first-order valence-corrected chi connectivity index (χ1v) is 13.0. The van der Waals surface area contributed by atoms with Gasteiger partial charge in [-0.25, -0.2) is 13.4 Å². The monoisotopic (exact) mass is 476 g/mol. The molecule has 0 radical (unpaired) electrons. The van der Waals surface area contributed by atoms with Crippen LogP contribution in [0.15, 0.2) is 46.7 Å². The molecule has 7 nitrogen and oxygen atoms in total. The molecule has 3 heterocycles. The van der Waals surface area contributed by atoms with Gasteiger partial charge in [-0.2, -0.15) is 4.31 Å². The SMILES string of the molecule is Cc1nc(-c2ccc(CNC(=O)c3cccc(S(=O)(=O)N4CCN(C)CC4)c3)s2)cs1. The zero-order chi connectivity index (χ0) is 22.0. The third-order valence-electron chi connectivity index (χ3n) is 5.15. The van der Waals surface area contributed by atoms with Gasteiger partial charge in [-0.3, -0.25) is 4.79 Å². The van der Waals surface area contributed by atoms with Gasteiger partial charge in [-0.1, -0.05) is 6.07 Å². The van der Waals surface area contributed by atoms with Crippen molar-refractivity contribution >= 4 is 38.6 Å². The number of likely N-dealkylation sites (N-methyl/N-ethyl adjacent to an activating group) is 1. The number of thiophene rings is 1. The molecule has 164 valence electrons. The van der Waals surface area contributed by atoms with Crippen LogP contribution in [0.1, 0.15) is 20.2 Å². The van der Waals surface area contributed by atoms with Gasteiger partial charge >= 0.3 is 0 Å². The molecule has 1 aromatic carbocycles. The first-order valence-electron chi connectivity index (χ1n) is 9.91. The van der Waals surface area contributed by atoms with Crippen molar-refractivity contribution in [3.8, 4) is 10.6 Å². The molecule has 0 spiro atoms. The third-order valence-corrected chi connectivity index (χ3v) is 8.93. The van der Waals surface area contributed by atoms with Gasteiger partial charge in [0.2, 0.25) is 10.0 Å².